The number of halogens is 2. The summed E-state index contributed by atoms with van der Waals surface area (Å²) in [6.45, 7) is 4.62. The Labute approximate surface area is 169 Å². The van der Waals surface area contributed by atoms with Crippen LogP contribution < -0.4 is 0 Å². The summed E-state index contributed by atoms with van der Waals surface area (Å²) in [5.41, 5.74) is 3.29. The fraction of sp³-hybridized carbons (Fsp3) is 0.238. The number of benzene rings is 2. The van der Waals surface area contributed by atoms with Crippen LogP contribution in [0.15, 0.2) is 54.7 Å². The lowest BCUT2D eigenvalue weighted by molar-refractivity contribution is 0.0783. The van der Waals surface area contributed by atoms with E-state index in [2.05, 4.69) is 5.10 Å². The summed E-state index contributed by atoms with van der Waals surface area (Å²) in [7, 11) is 1.80. The topological polar surface area (TPSA) is 38.1 Å². The van der Waals surface area contributed by atoms with Gasteiger partial charge in [0.25, 0.3) is 5.91 Å². The zero-order valence-electron chi connectivity index (χ0n) is 15.5. The maximum atomic E-state index is 13.1. The molecule has 27 heavy (non-hydrogen) atoms. The minimum atomic E-state index is -0.0612. The van der Waals surface area contributed by atoms with Gasteiger partial charge in [-0.3, -0.25) is 4.79 Å². The van der Waals surface area contributed by atoms with E-state index in [1.165, 1.54) is 0 Å². The number of aromatic nitrogens is 2. The van der Waals surface area contributed by atoms with Gasteiger partial charge in [0, 0.05) is 13.6 Å². The molecule has 0 aliphatic heterocycles. The lowest BCUT2D eigenvalue weighted by atomic mass is 10.0. The van der Waals surface area contributed by atoms with E-state index in [4.69, 9.17) is 23.2 Å². The van der Waals surface area contributed by atoms with Crippen molar-refractivity contribution in [2.24, 2.45) is 0 Å². The van der Waals surface area contributed by atoms with Gasteiger partial charge >= 0.3 is 0 Å². The molecule has 0 atom stereocenters. The van der Waals surface area contributed by atoms with Gasteiger partial charge in [-0.25, -0.2) is 4.68 Å². The van der Waals surface area contributed by atoms with Crippen molar-refractivity contribution in [3.63, 3.8) is 0 Å². The highest BCUT2D eigenvalue weighted by molar-refractivity contribution is 6.42. The van der Waals surface area contributed by atoms with E-state index < -0.39 is 0 Å². The van der Waals surface area contributed by atoms with Crippen molar-refractivity contribution in [1.82, 2.24) is 14.7 Å². The minimum absolute atomic E-state index is 0.0612. The molecular formula is C21H21Cl2N3O. The Morgan fingerprint density at radius 1 is 1.11 bits per heavy atom. The highest BCUT2D eigenvalue weighted by Gasteiger charge is 2.23. The molecule has 0 aliphatic rings. The minimum Gasteiger partial charge on any atom is -0.337 e. The fourth-order valence-electron chi connectivity index (χ4n) is 3.04. The molecule has 6 heteroatoms. The summed E-state index contributed by atoms with van der Waals surface area (Å²) in [5, 5.41) is 5.39. The first-order valence-corrected chi connectivity index (χ1v) is 9.46. The molecule has 1 amide bonds. The number of carbonyl (C=O) groups is 1. The predicted molar refractivity (Wildman–Crippen MR) is 110 cm³/mol. The van der Waals surface area contributed by atoms with Crippen LogP contribution in [0.3, 0.4) is 0 Å². The summed E-state index contributed by atoms with van der Waals surface area (Å²) >= 11 is 12.2. The third-order valence-electron chi connectivity index (χ3n) is 4.34. The Bertz CT molecular complexity index is 951. The molecule has 0 saturated carbocycles. The zero-order chi connectivity index (χ0) is 19.6. The standard InChI is InChI=1S/C21H21Cl2N3O/c1-14(2)20-17(21(27)25(3)13-15-7-5-4-6-8-15)12-24-26(20)16-9-10-18(22)19(23)11-16/h4-12,14H,13H2,1-3H3. The molecule has 3 aromatic rings. The summed E-state index contributed by atoms with van der Waals surface area (Å²) in [6.07, 6.45) is 1.63. The van der Waals surface area contributed by atoms with E-state index in [1.807, 2.05) is 50.2 Å². The van der Waals surface area contributed by atoms with Gasteiger partial charge in [-0.15, -0.1) is 0 Å². The van der Waals surface area contributed by atoms with Gasteiger partial charge in [0.15, 0.2) is 0 Å². The second kappa shape index (κ2) is 8.15. The van der Waals surface area contributed by atoms with Gasteiger partial charge in [-0.05, 0) is 29.7 Å². The van der Waals surface area contributed by atoms with Gasteiger partial charge in [0.1, 0.15) is 0 Å². The highest BCUT2D eigenvalue weighted by atomic mass is 35.5. The summed E-state index contributed by atoms with van der Waals surface area (Å²) in [4.78, 5) is 14.8. The van der Waals surface area contributed by atoms with Gasteiger partial charge in [-0.1, -0.05) is 67.4 Å². The van der Waals surface area contributed by atoms with Crippen molar-refractivity contribution < 1.29 is 4.79 Å². The molecule has 1 aromatic heterocycles. The average Bonchev–Trinajstić information content (AvgIpc) is 3.09. The van der Waals surface area contributed by atoms with Crippen molar-refractivity contribution in [3.05, 3.63) is 81.6 Å². The van der Waals surface area contributed by atoms with E-state index in [0.29, 0.717) is 22.2 Å². The molecule has 4 nitrogen and oxygen atoms in total. The summed E-state index contributed by atoms with van der Waals surface area (Å²) < 4.78 is 1.76. The maximum absolute atomic E-state index is 13.1. The first-order chi connectivity index (χ1) is 12.9. The molecule has 0 fully saturated rings. The van der Waals surface area contributed by atoms with Crippen LogP contribution >= 0.6 is 23.2 Å². The molecule has 0 bridgehead atoms. The van der Waals surface area contributed by atoms with Gasteiger partial charge in [-0.2, -0.15) is 5.10 Å². The zero-order valence-corrected chi connectivity index (χ0v) is 17.0. The first-order valence-electron chi connectivity index (χ1n) is 8.71. The van der Waals surface area contributed by atoms with Crippen molar-refractivity contribution in [2.75, 3.05) is 7.05 Å². The molecule has 0 spiro atoms. The quantitative estimate of drug-likeness (QED) is 0.559. The molecule has 0 radical (unpaired) electrons. The number of nitrogens with zero attached hydrogens (tertiary/aromatic N) is 3. The Kier molecular flexibility index (Phi) is 5.88. The van der Waals surface area contributed by atoms with Crippen LogP contribution in [0.25, 0.3) is 5.69 Å². The van der Waals surface area contributed by atoms with Crippen molar-refractivity contribution in [1.29, 1.82) is 0 Å². The third-order valence-corrected chi connectivity index (χ3v) is 5.08. The number of hydrogen-bond donors (Lipinski definition) is 0. The summed E-state index contributed by atoms with van der Waals surface area (Å²) in [6, 6.07) is 15.2. The molecular weight excluding hydrogens is 381 g/mol. The molecule has 140 valence electrons. The van der Waals surface area contributed by atoms with Crippen LogP contribution in [0.5, 0.6) is 0 Å². The largest absolute Gasteiger partial charge is 0.337 e. The van der Waals surface area contributed by atoms with Crippen LogP contribution in [0.4, 0.5) is 0 Å². The van der Waals surface area contributed by atoms with Crippen LogP contribution in [-0.2, 0) is 6.54 Å². The second-order valence-electron chi connectivity index (χ2n) is 6.76. The van der Waals surface area contributed by atoms with Crippen LogP contribution in [-0.4, -0.2) is 27.6 Å². The molecule has 3 rings (SSSR count). The summed E-state index contributed by atoms with van der Waals surface area (Å²) in [5.74, 6) is 0.0416. The lowest BCUT2D eigenvalue weighted by Crippen LogP contribution is -2.27. The van der Waals surface area contributed by atoms with Gasteiger partial charge in [0.2, 0.25) is 0 Å². The fourth-order valence-corrected chi connectivity index (χ4v) is 3.33. The predicted octanol–water partition coefficient (Wildman–Crippen LogP) is 5.57. The highest BCUT2D eigenvalue weighted by Crippen LogP contribution is 2.28. The normalized spacial score (nSPS) is 11.0. The van der Waals surface area contributed by atoms with Crippen LogP contribution in [0.2, 0.25) is 10.0 Å². The van der Waals surface area contributed by atoms with Crippen molar-refractivity contribution in [3.8, 4) is 5.69 Å². The number of amides is 1. The molecule has 0 saturated heterocycles. The lowest BCUT2D eigenvalue weighted by Gasteiger charge is -2.19. The van der Waals surface area contributed by atoms with Crippen molar-refractivity contribution >= 4 is 29.1 Å². The Balaban J connectivity index is 1.95. The van der Waals surface area contributed by atoms with E-state index in [9.17, 15) is 4.79 Å². The first kappa shape index (κ1) is 19.5. The van der Waals surface area contributed by atoms with Crippen LogP contribution in [0, 0.1) is 0 Å². The Hall–Kier alpha value is -2.30. The van der Waals surface area contributed by atoms with Gasteiger partial charge in [0.05, 0.1) is 33.2 Å². The number of rotatable bonds is 5. The molecule has 0 N–H and O–H groups in total. The van der Waals surface area contributed by atoms with Gasteiger partial charge < -0.3 is 4.90 Å². The van der Waals surface area contributed by atoms with E-state index in [0.717, 1.165) is 16.9 Å². The Morgan fingerprint density at radius 2 is 1.81 bits per heavy atom. The van der Waals surface area contributed by atoms with E-state index >= 15 is 0 Å². The molecule has 2 aromatic carbocycles. The number of hydrogen-bond acceptors (Lipinski definition) is 2. The second-order valence-corrected chi connectivity index (χ2v) is 7.57. The van der Waals surface area contributed by atoms with E-state index in [-0.39, 0.29) is 11.8 Å². The van der Waals surface area contributed by atoms with Crippen LogP contribution in [0.1, 0.15) is 41.4 Å². The molecule has 0 aliphatic carbocycles. The monoisotopic (exact) mass is 401 g/mol. The number of carbonyl (C=O) groups excluding carboxylic acids is 1. The van der Waals surface area contributed by atoms with E-state index in [1.54, 1.807) is 35.0 Å². The third kappa shape index (κ3) is 4.18. The Morgan fingerprint density at radius 3 is 2.44 bits per heavy atom. The van der Waals surface area contributed by atoms with Crippen molar-refractivity contribution in [2.45, 2.75) is 26.3 Å². The average molecular weight is 402 g/mol. The molecule has 1 heterocycles. The smallest absolute Gasteiger partial charge is 0.257 e. The SMILES string of the molecule is CC(C)c1c(C(=O)N(C)Cc2ccccc2)cnn1-c1ccc(Cl)c(Cl)c1. The molecule has 0 unspecified atom stereocenters. The maximum Gasteiger partial charge on any atom is 0.257 e.